The standard InChI is InChI=1S/C9H16FN/c1-2-9-3-6-11(7-4-9)8-5-10/h2,9H,1,3-8H2. The lowest BCUT2D eigenvalue weighted by atomic mass is 9.97. The van der Waals surface area contributed by atoms with Crippen molar-refractivity contribution in [2.45, 2.75) is 12.8 Å². The predicted octanol–water partition coefficient (Wildman–Crippen LogP) is 1.85. The van der Waals surface area contributed by atoms with Crippen molar-refractivity contribution in [3.8, 4) is 0 Å². The molecule has 0 aromatic rings. The zero-order chi connectivity index (χ0) is 8.10. The number of hydrogen-bond donors (Lipinski definition) is 0. The molecule has 0 radical (unpaired) electrons. The Morgan fingerprint density at radius 1 is 1.45 bits per heavy atom. The molecule has 64 valence electrons. The Balaban J connectivity index is 2.18. The first-order valence-corrected chi connectivity index (χ1v) is 4.27. The van der Waals surface area contributed by atoms with Crippen molar-refractivity contribution in [3.63, 3.8) is 0 Å². The minimum atomic E-state index is -0.210. The summed E-state index contributed by atoms with van der Waals surface area (Å²) in [7, 11) is 0. The van der Waals surface area contributed by atoms with Gasteiger partial charge < -0.3 is 4.90 Å². The van der Waals surface area contributed by atoms with E-state index in [9.17, 15) is 4.39 Å². The van der Waals surface area contributed by atoms with Crippen molar-refractivity contribution < 1.29 is 4.39 Å². The lowest BCUT2D eigenvalue weighted by Crippen LogP contribution is -2.34. The first kappa shape index (κ1) is 8.72. The molecule has 0 bridgehead atoms. The van der Waals surface area contributed by atoms with E-state index in [-0.39, 0.29) is 6.67 Å². The molecule has 0 atom stereocenters. The number of likely N-dealkylation sites (tertiary alicyclic amines) is 1. The van der Waals surface area contributed by atoms with Crippen LogP contribution < -0.4 is 0 Å². The molecule has 1 rings (SSSR count). The van der Waals surface area contributed by atoms with Crippen molar-refractivity contribution in [3.05, 3.63) is 12.7 Å². The first-order valence-electron chi connectivity index (χ1n) is 4.27. The number of nitrogens with zero attached hydrogens (tertiary/aromatic N) is 1. The Hall–Kier alpha value is -0.370. The van der Waals surface area contributed by atoms with Crippen molar-refractivity contribution in [1.82, 2.24) is 4.90 Å². The molecular formula is C9H16FN. The van der Waals surface area contributed by atoms with E-state index in [2.05, 4.69) is 11.5 Å². The number of rotatable bonds is 3. The molecule has 0 amide bonds. The third-order valence-corrected chi connectivity index (χ3v) is 2.37. The summed E-state index contributed by atoms with van der Waals surface area (Å²) in [5, 5.41) is 0. The number of alkyl halides is 1. The molecule has 1 aliphatic rings. The van der Waals surface area contributed by atoms with Gasteiger partial charge in [-0.3, -0.25) is 0 Å². The molecule has 0 unspecified atom stereocenters. The Morgan fingerprint density at radius 2 is 2.09 bits per heavy atom. The second-order valence-electron chi connectivity index (χ2n) is 3.10. The van der Waals surface area contributed by atoms with E-state index in [4.69, 9.17) is 0 Å². The van der Waals surface area contributed by atoms with Crippen LogP contribution in [0.15, 0.2) is 12.7 Å². The highest BCUT2D eigenvalue weighted by Gasteiger charge is 2.15. The molecule has 0 aromatic carbocycles. The van der Waals surface area contributed by atoms with E-state index in [1.54, 1.807) is 0 Å². The van der Waals surface area contributed by atoms with Crippen LogP contribution in [0.3, 0.4) is 0 Å². The van der Waals surface area contributed by atoms with Gasteiger partial charge in [0, 0.05) is 6.54 Å². The van der Waals surface area contributed by atoms with Crippen LogP contribution in [-0.4, -0.2) is 31.2 Å². The average molecular weight is 157 g/mol. The van der Waals surface area contributed by atoms with E-state index < -0.39 is 0 Å². The molecule has 1 aliphatic heterocycles. The van der Waals surface area contributed by atoms with E-state index in [0.717, 1.165) is 25.9 Å². The van der Waals surface area contributed by atoms with Crippen molar-refractivity contribution in [2.75, 3.05) is 26.3 Å². The van der Waals surface area contributed by atoms with Crippen molar-refractivity contribution in [1.29, 1.82) is 0 Å². The number of halogens is 1. The van der Waals surface area contributed by atoms with Crippen LogP contribution in [0.2, 0.25) is 0 Å². The van der Waals surface area contributed by atoms with Crippen molar-refractivity contribution >= 4 is 0 Å². The summed E-state index contributed by atoms with van der Waals surface area (Å²) in [5.74, 6) is 0.672. The third-order valence-electron chi connectivity index (χ3n) is 2.37. The summed E-state index contributed by atoms with van der Waals surface area (Å²) in [5.41, 5.74) is 0. The lowest BCUT2D eigenvalue weighted by molar-refractivity contribution is 0.189. The van der Waals surface area contributed by atoms with Crippen LogP contribution in [-0.2, 0) is 0 Å². The fraction of sp³-hybridized carbons (Fsp3) is 0.778. The first-order chi connectivity index (χ1) is 5.36. The van der Waals surface area contributed by atoms with Gasteiger partial charge in [0.05, 0.1) is 0 Å². The highest BCUT2D eigenvalue weighted by atomic mass is 19.1. The Morgan fingerprint density at radius 3 is 2.55 bits per heavy atom. The quantitative estimate of drug-likeness (QED) is 0.565. The van der Waals surface area contributed by atoms with Crippen LogP contribution in [0.4, 0.5) is 4.39 Å². The molecule has 0 saturated carbocycles. The summed E-state index contributed by atoms with van der Waals surface area (Å²) in [6, 6.07) is 0. The minimum absolute atomic E-state index is 0.210. The zero-order valence-corrected chi connectivity index (χ0v) is 6.93. The van der Waals surface area contributed by atoms with E-state index in [1.807, 2.05) is 6.08 Å². The van der Waals surface area contributed by atoms with Gasteiger partial charge in [-0.15, -0.1) is 6.58 Å². The van der Waals surface area contributed by atoms with Gasteiger partial charge >= 0.3 is 0 Å². The number of piperidine rings is 1. The highest BCUT2D eigenvalue weighted by Crippen LogP contribution is 2.16. The molecule has 1 heterocycles. The maximum Gasteiger partial charge on any atom is 0.102 e. The molecular weight excluding hydrogens is 141 g/mol. The zero-order valence-electron chi connectivity index (χ0n) is 6.93. The van der Waals surface area contributed by atoms with E-state index in [0.29, 0.717) is 12.5 Å². The second-order valence-corrected chi connectivity index (χ2v) is 3.10. The summed E-state index contributed by atoms with van der Waals surface area (Å²) in [4.78, 5) is 2.18. The third kappa shape index (κ3) is 2.62. The van der Waals surface area contributed by atoms with Gasteiger partial charge in [0.25, 0.3) is 0 Å². The maximum absolute atomic E-state index is 11.9. The van der Waals surface area contributed by atoms with E-state index >= 15 is 0 Å². The molecule has 1 nitrogen and oxygen atoms in total. The largest absolute Gasteiger partial charge is 0.301 e. The second kappa shape index (κ2) is 4.50. The van der Waals surface area contributed by atoms with Gasteiger partial charge in [-0.1, -0.05) is 6.08 Å². The van der Waals surface area contributed by atoms with Crippen LogP contribution in [0.5, 0.6) is 0 Å². The topological polar surface area (TPSA) is 3.24 Å². The van der Waals surface area contributed by atoms with E-state index in [1.165, 1.54) is 0 Å². The van der Waals surface area contributed by atoms with Gasteiger partial charge in [-0.2, -0.15) is 0 Å². The van der Waals surface area contributed by atoms with Crippen molar-refractivity contribution in [2.24, 2.45) is 5.92 Å². The Bertz CT molecular complexity index is 117. The maximum atomic E-state index is 11.9. The highest BCUT2D eigenvalue weighted by molar-refractivity contribution is 4.83. The molecule has 1 saturated heterocycles. The molecule has 11 heavy (non-hydrogen) atoms. The summed E-state index contributed by atoms with van der Waals surface area (Å²) >= 11 is 0. The Labute approximate surface area is 67.9 Å². The van der Waals surface area contributed by atoms with Gasteiger partial charge in [-0.25, -0.2) is 4.39 Å². The predicted molar refractivity (Wildman–Crippen MR) is 45.3 cm³/mol. The summed E-state index contributed by atoms with van der Waals surface area (Å²) in [6.07, 6.45) is 4.33. The van der Waals surface area contributed by atoms with Gasteiger partial charge in [-0.05, 0) is 31.8 Å². The monoisotopic (exact) mass is 157 g/mol. The summed E-state index contributed by atoms with van der Waals surface area (Å²) in [6.45, 7) is 6.25. The fourth-order valence-electron chi connectivity index (χ4n) is 1.53. The normalized spacial score (nSPS) is 21.9. The molecule has 0 N–H and O–H groups in total. The Kier molecular flexibility index (Phi) is 3.57. The van der Waals surface area contributed by atoms with Crippen LogP contribution >= 0.6 is 0 Å². The number of hydrogen-bond acceptors (Lipinski definition) is 1. The molecule has 2 heteroatoms. The number of allylic oxidation sites excluding steroid dienone is 1. The molecule has 0 aromatic heterocycles. The molecule has 0 aliphatic carbocycles. The van der Waals surface area contributed by atoms with Crippen LogP contribution in [0, 0.1) is 5.92 Å². The van der Waals surface area contributed by atoms with Gasteiger partial charge in [0.15, 0.2) is 0 Å². The van der Waals surface area contributed by atoms with Gasteiger partial charge in [0.2, 0.25) is 0 Å². The smallest absolute Gasteiger partial charge is 0.102 e. The van der Waals surface area contributed by atoms with Gasteiger partial charge in [0.1, 0.15) is 6.67 Å². The lowest BCUT2D eigenvalue weighted by Gasteiger charge is -2.29. The fourth-order valence-corrected chi connectivity index (χ4v) is 1.53. The SMILES string of the molecule is C=CC1CCN(CCF)CC1. The van der Waals surface area contributed by atoms with Crippen LogP contribution in [0.1, 0.15) is 12.8 Å². The average Bonchev–Trinajstić information content (AvgIpc) is 2.07. The minimum Gasteiger partial charge on any atom is -0.301 e. The molecule has 1 fully saturated rings. The van der Waals surface area contributed by atoms with Crippen LogP contribution in [0.25, 0.3) is 0 Å². The summed E-state index contributed by atoms with van der Waals surface area (Å²) < 4.78 is 11.9. The molecule has 0 spiro atoms.